The maximum absolute atomic E-state index is 8.39. The number of hydrogen-bond acceptors (Lipinski definition) is 2. The van der Waals surface area contributed by atoms with E-state index >= 15 is 0 Å². The summed E-state index contributed by atoms with van der Waals surface area (Å²) >= 11 is 0. The third-order valence-electron chi connectivity index (χ3n) is 0.763. The minimum absolute atomic E-state index is 0. The summed E-state index contributed by atoms with van der Waals surface area (Å²) in [7, 11) is 1.63. The largest absolute Gasteiger partial charge is 0.396 e. The van der Waals surface area contributed by atoms with Crippen LogP contribution in [0.2, 0.25) is 0 Å². The molecule has 1 N–H and O–H groups in total. The van der Waals surface area contributed by atoms with Gasteiger partial charge in [0.15, 0.2) is 0 Å². The first-order chi connectivity index (χ1) is 3.31. The van der Waals surface area contributed by atoms with Crippen molar-refractivity contribution in [3.8, 4) is 0 Å². The molecule has 0 heterocycles. The van der Waals surface area contributed by atoms with Crippen LogP contribution in [0.5, 0.6) is 0 Å². The number of rotatable bonds is 3. The second-order valence-corrected chi connectivity index (χ2v) is 1.74. The number of aliphatic hydroxyl groups is 1. The van der Waals surface area contributed by atoms with Gasteiger partial charge >= 0.3 is 0 Å². The van der Waals surface area contributed by atoms with Gasteiger partial charge in [0, 0.05) is 40.7 Å². The van der Waals surface area contributed by atoms with Gasteiger partial charge in [0.2, 0.25) is 0 Å². The van der Waals surface area contributed by atoms with Gasteiger partial charge < -0.3 is 9.84 Å². The molecule has 0 aliphatic carbocycles. The fourth-order valence-corrected chi connectivity index (χ4v) is 0.337. The van der Waals surface area contributed by atoms with Gasteiger partial charge in [-0.25, -0.2) is 0 Å². The Kier molecular flexibility index (Phi) is 10.9. The molecule has 0 spiro atoms. The second-order valence-electron chi connectivity index (χ2n) is 1.74. The maximum atomic E-state index is 8.39. The third kappa shape index (κ3) is 6.61. The van der Waals surface area contributed by atoms with Gasteiger partial charge in [-0.1, -0.05) is 6.92 Å². The Morgan fingerprint density at radius 1 is 1.62 bits per heavy atom. The van der Waals surface area contributed by atoms with Crippen molar-refractivity contribution in [2.24, 2.45) is 5.92 Å². The SMILES string of the molecule is COCC(C)CO.[W]. The number of ether oxygens (including phenoxy) is 1. The van der Waals surface area contributed by atoms with E-state index in [1.54, 1.807) is 7.11 Å². The summed E-state index contributed by atoms with van der Waals surface area (Å²) in [6.07, 6.45) is 0. The molecule has 0 radical (unpaired) electrons. The van der Waals surface area contributed by atoms with E-state index in [1.807, 2.05) is 6.92 Å². The molecule has 0 aromatic heterocycles. The van der Waals surface area contributed by atoms with Gasteiger partial charge in [-0.05, 0) is 0 Å². The van der Waals surface area contributed by atoms with Crippen LogP contribution in [-0.2, 0) is 25.8 Å². The fraction of sp³-hybridized carbons (Fsp3) is 1.00. The zero-order valence-corrected chi connectivity index (χ0v) is 8.19. The molecule has 0 aliphatic rings. The average Bonchev–Trinajstić information content (AvgIpc) is 1.68. The smallest absolute Gasteiger partial charge is 0.0509 e. The molecule has 3 heteroatoms. The van der Waals surface area contributed by atoms with E-state index in [1.165, 1.54) is 0 Å². The molecule has 0 aromatic rings. The summed E-state index contributed by atoms with van der Waals surface area (Å²) < 4.78 is 4.73. The van der Waals surface area contributed by atoms with Crippen molar-refractivity contribution in [1.82, 2.24) is 0 Å². The molecule has 0 saturated heterocycles. The van der Waals surface area contributed by atoms with Gasteiger partial charge in [-0.3, -0.25) is 0 Å². The Balaban J connectivity index is 0. The van der Waals surface area contributed by atoms with Crippen molar-refractivity contribution < 1.29 is 30.9 Å². The Morgan fingerprint density at radius 2 is 2.12 bits per heavy atom. The van der Waals surface area contributed by atoms with Crippen molar-refractivity contribution in [2.75, 3.05) is 20.3 Å². The molecule has 0 fully saturated rings. The van der Waals surface area contributed by atoms with E-state index in [2.05, 4.69) is 0 Å². The summed E-state index contributed by atoms with van der Waals surface area (Å²) in [5.41, 5.74) is 0. The second kappa shape index (κ2) is 7.61. The van der Waals surface area contributed by atoms with Crippen molar-refractivity contribution in [1.29, 1.82) is 0 Å². The predicted molar refractivity (Wildman–Crippen MR) is 28.1 cm³/mol. The Hall–Kier alpha value is 0.608. The third-order valence-corrected chi connectivity index (χ3v) is 0.763. The average molecular weight is 288 g/mol. The number of aliphatic hydroxyl groups excluding tert-OH is 1. The zero-order chi connectivity index (χ0) is 5.70. The monoisotopic (exact) mass is 288 g/mol. The Labute approximate surface area is 64.5 Å². The predicted octanol–water partition coefficient (Wildman–Crippen LogP) is 0.259. The topological polar surface area (TPSA) is 29.5 Å². The minimum Gasteiger partial charge on any atom is -0.396 e. The first-order valence-electron chi connectivity index (χ1n) is 2.41. The first-order valence-corrected chi connectivity index (χ1v) is 2.41. The molecule has 1 unspecified atom stereocenters. The normalized spacial score (nSPS) is 12.4. The van der Waals surface area contributed by atoms with Crippen LogP contribution >= 0.6 is 0 Å². The van der Waals surface area contributed by atoms with E-state index in [9.17, 15) is 0 Å². The molecule has 0 aliphatic heterocycles. The summed E-state index contributed by atoms with van der Waals surface area (Å²) in [5.74, 6) is 0.282. The molecule has 50 valence electrons. The minimum atomic E-state index is 0. The summed E-state index contributed by atoms with van der Waals surface area (Å²) in [6.45, 7) is 2.80. The van der Waals surface area contributed by atoms with Crippen molar-refractivity contribution >= 4 is 0 Å². The standard InChI is InChI=1S/C5H12O2.W/c1-5(3-6)4-7-2;/h5-6H,3-4H2,1-2H3;. The van der Waals surface area contributed by atoms with Crippen LogP contribution in [0.15, 0.2) is 0 Å². The molecular formula is C5H12O2W. The quantitative estimate of drug-likeness (QED) is 0.807. The molecule has 8 heavy (non-hydrogen) atoms. The van der Waals surface area contributed by atoms with E-state index < -0.39 is 0 Å². The van der Waals surface area contributed by atoms with Gasteiger partial charge in [-0.2, -0.15) is 0 Å². The molecule has 0 bridgehead atoms. The molecule has 0 aromatic carbocycles. The summed E-state index contributed by atoms with van der Waals surface area (Å²) in [6, 6.07) is 0. The summed E-state index contributed by atoms with van der Waals surface area (Å²) in [5, 5.41) is 8.39. The molecule has 0 saturated carbocycles. The van der Waals surface area contributed by atoms with Crippen molar-refractivity contribution in [3.63, 3.8) is 0 Å². The molecule has 2 nitrogen and oxygen atoms in total. The van der Waals surface area contributed by atoms with E-state index in [0.29, 0.717) is 6.61 Å². The van der Waals surface area contributed by atoms with Gasteiger partial charge in [0.1, 0.15) is 0 Å². The van der Waals surface area contributed by atoms with Crippen LogP contribution in [0.4, 0.5) is 0 Å². The van der Waals surface area contributed by atoms with E-state index in [4.69, 9.17) is 9.84 Å². The van der Waals surface area contributed by atoms with Gasteiger partial charge in [-0.15, -0.1) is 0 Å². The van der Waals surface area contributed by atoms with Crippen LogP contribution in [0.3, 0.4) is 0 Å². The number of methoxy groups -OCH3 is 1. The maximum Gasteiger partial charge on any atom is 0.0509 e. The Morgan fingerprint density at radius 3 is 2.25 bits per heavy atom. The van der Waals surface area contributed by atoms with Crippen molar-refractivity contribution in [2.45, 2.75) is 6.92 Å². The van der Waals surface area contributed by atoms with Crippen LogP contribution in [-0.4, -0.2) is 25.4 Å². The molecule has 0 amide bonds. The van der Waals surface area contributed by atoms with E-state index in [-0.39, 0.29) is 33.6 Å². The van der Waals surface area contributed by atoms with Crippen molar-refractivity contribution in [3.05, 3.63) is 0 Å². The Bertz CT molecular complexity index is 41.4. The number of hydrogen-bond donors (Lipinski definition) is 1. The molecule has 0 rings (SSSR count). The summed E-state index contributed by atoms with van der Waals surface area (Å²) in [4.78, 5) is 0. The van der Waals surface area contributed by atoms with Crippen LogP contribution < -0.4 is 0 Å². The zero-order valence-electron chi connectivity index (χ0n) is 5.26. The van der Waals surface area contributed by atoms with Gasteiger partial charge in [0.05, 0.1) is 6.61 Å². The van der Waals surface area contributed by atoms with Crippen LogP contribution in [0.25, 0.3) is 0 Å². The molecular weight excluding hydrogens is 276 g/mol. The van der Waals surface area contributed by atoms with Crippen LogP contribution in [0, 0.1) is 5.92 Å². The van der Waals surface area contributed by atoms with Gasteiger partial charge in [0.25, 0.3) is 0 Å². The molecule has 1 atom stereocenters. The van der Waals surface area contributed by atoms with E-state index in [0.717, 1.165) is 0 Å². The fourth-order valence-electron chi connectivity index (χ4n) is 0.337. The first kappa shape index (κ1) is 11.4. The van der Waals surface area contributed by atoms with Crippen LogP contribution in [0.1, 0.15) is 6.92 Å².